The number of hydrogen-bond donors (Lipinski definition) is 1. The van der Waals surface area contributed by atoms with Gasteiger partial charge in [-0.3, -0.25) is 0 Å². The van der Waals surface area contributed by atoms with E-state index in [0.717, 1.165) is 16.3 Å². The largest absolute Gasteiger partial charge is 0.360 e. The predicted octanol–water partition coefficient (Wildman–Crippen LogP) is 3.60. The highest BCUT2D eigenvalue weighted by molar-refractivity contribution is 9.10. The molecule has 0 radical (unpaired) electrons. The summed E-state index contributed by atoms with van der Waals surface area (Å²) in [5, 5.41) is 6.43. The smallest absolute Gasteiger partial charge is 0.183 e. The maximum Gasteiger partial charge on any atom is 0.183 e. The van der Waals surface area contributed by atoms with E-state index >= 15 is 0 Å². The summed E-state index contributed by atoms with van der Waals surface area (Å²) in [5.41, 5.74) is 0. The van der Waals surface area contributed by atoms with Gasteiger partial charge < -0.3 is 5.32 Å². The number of thiazole rings is 1. The Kier molecular flexibility index (Phi) is 3.39. The second-order valence-corrected chi connectivity index (χ2v) is 7.08. The molecule has 14 heavy (non-hydrogen) atoms. The standard InChI is InChI=1S/C9H13BrN2S2/c1-9(3-2-4-14-9)6-11-8-12-7(10)5-13-8/h5H,2-4,6H2,1H3,(H,11,12). The molecule has 0 aromatic carbocycles. The van der Waals surface area contributed by atoms with E-state index in [2.05, 4.69) is 44.9 Å². The first-order valence-electron chi connectivity index (χ1n) is 4.67. The van der Waals surface area contributed by atoms with Crippen LogP contribution in [-0.2, 0) is 0 Å². The fourth-order valence-electron chi connectivity index (χ4n) is 1.57. The van der Waals surface area contributed by atoms with Gasteiger partial charge in [0.1, 0.15) is 4.60 Å². The minimum atomic E-state index is 0.415. The van der Waals surface area contributed by atoms with Crippen LogP contribution in [0.4, 0.5) is 5.13 Å². The molecule has 2 rings (SSSR count). The summed E-state index contributed by atoms with van der Waals surface area (Å²) in [6, 6.07) is 0. The van der Waals surface area contributed by atoms with E-state index in [1.165, 1.54) is 18.6 Å². The fourth-order valence-corrected chi connectivity index (χ4v) is 3.96. The third kappa shape index (κ3) is 2.64. The lowest BCUT2D eigenvalue weighted by atomic mass is 10.1. The Balaban J connectivity index is 1.87. The second kappa shape index (κ2) is 4.41. The summed E-state index contributed by atoms with van der Waals surface area (Å²) in [7, 11) is 0. The number of anilines is 1. The molecule has 0 bridgehead atoms. The average molecular weight is 293 g/mol. The molecule has 1 aliphatic heterocycles. The lowest BCUT2D eigenvalue weighted by Gasteiger charge is -2.22. The van der Waals surface area contributed by atoms with Crippen LogP contribution in [0.25, 0.3) is 0 Å². The molecule has 1 aliphatic rings. The highest BCUT2D eigenvalue weighted by Gasteiger charge is 2.29. The van der Waals surface area contributed by atoms with Gasteiger partial charge >= 0.3 is 0 Å². The molecule has 0 aliphatic carbocycles. The molecule has 1 saturated heterocycles. The molecule has 78 valence electrons. The van der Waals surface area contributed by atoms with E-state index in [-0.39, 0.29) is 0 Å². The van der Waals surface area contributed by atoms with Crippen molar-refractivity contribution in [3.63, 3.8) is 0 Å². The van der Waals surface area contributed by atoms with Crippen molar-refractivity contribution < 1.29 is 0 Å². The Morgan fingerprint density at radius 1 is 1.71 bits per heavy atom. The van der Waals surface area contributed by atoms with Crippen molar-refractivity contribution in [3.05, 3.63) is 9.98 Å². The molecule has 1 aromatic heterocycles. The molecule has 1 aromatic rings. The van der Waals surface area contributed by atoms with Crippen LogP contribution in [0.3, 0.4) is 0 Å². The topological polar surface area (TPSA) is 24.9 Å². The lowest BCUT2D eigenvalue weighted by Crippen LogP contribution is -2.26. The number of thioether (sulfide) groups is 1. The molecular weight excluding hydrogens is 280 g/mol. The highest BCUT2D eigenvalue weighted by Crippen LogP contribution is 2.37. The fraction of sp³-hybridized carbons (Fsp3) is 0.667. The summed E-state index contributed by atoms with van der Waals surface area (Å²) in [6.45, 7) is 3.36. The van der Waals surface area contributed by atoms with Gasteiger partial charge in [0, 0.05) is 16.7 Å². The molecule has 5 heteroatoms. The molecule has 2 nitrogen and oxygen atoms in total. The number of nitrogens with one attached hydrogen (secondary N) is 1. The number of halogens is 1. The molecule has 0 saturated carbocycles. The number of nitrogens with zero attached hydrogens (tertiary/aromatic N) is 1. The second-order valence-electron chi connectivity index (χ2n) is 3.73. The van der Waals surface area contributed by atoms with Gasteiger partial charge in [-0.15, -0.1) is 11.3 Å². The predicted molar refractivity (Wildman–Crippen MR) is 68.4 cm³/mol. The van der Waals surface area contributed by atoms with Gasteiger partial charge in [0.15, 0.2) is 5.13 Å². The van der Waals surface area contributed by atoms with Crippen molar-refractivity contribution in [1.29, 1.82) is 0 Å². The Bertz CT molecular complexity index is 308. The third-order valence-corrected chi connectivity index (χ3v) is 5.44. The zero-order chi connectivity index (χ0) is 10.0. The molecule has 1 atom stereocenters. The van der Waals surface area contributed by atoms with Crippen molar-refractivity contribution in [3.8, 4) is 0 Å². The third-order valence-electron chi connectivity index (χ3n) is 2.39. The normalized spacial score (nSPS) is 26.7. The minimum Gasteiger partial charge on any atom is -0.360 e. The van der Waals surface area contributed by atoms with Gasteiger partial charge in [0.2, 0.25) is 0 Å². The monoisotopic (exact) mass is 292 g/mol. The van der Waals surface area contributed by atoms with Crippen molar-refractivity contribution >= 4 is 44.2 Å². The van der Waals surface area contributed by atoms with Crippen molar-refractivity contribution in [1.82, 2.24) is 4.98 Å². The molecule has 0 spiro atoms. The van der Waals surface area contributed by atoms with Crippen LogP contribution in [-0.4, -0.2) is 22.0 Å². The molecule has 1 N–H and O–H groups in total. The number of aromatic nitrogens is 1. The summed E-state index contributed by atoms with van der Waals surface area (Å²) in [4.78, 5) is 4.32. The van der Waals surface area contributed by atoms with Gasteiger partial charge in [-0.05, 0) is 41.4 Å². The van der Waals surface area contributed by atoms with Crippen molar-refractivity contribution in [2.45, 2.75) is 24.5 Å². The van der Waals surface area contributed by atoms with E-state index in [9.17, 15) is 0 Å². The van der Waals surface area contributed by atoms with Crippen molar-refractivity contribution in [2.24, 2.45) is 0 Å². The molecule has 1 unspecified atom stereocenters. The summed E-state index contributed by atoms with van der Waals surface area (Å²) < 4.78 is 1.34. The Hall–Kier alpha value is 0.260. The molecule has 2 heterocycles. The van der Waals surface area contributed by atoms with E-state index < -0.39 is 0 Å². The number of hydrogen-bond acceptors (Lipinski definition) is 4. The average Bonchev–Trinajstić information content (AvgIpc) is 2.73. The lowest BCUT2D eigenvalue weighted by molar-refractivity contribution is 0.634. The Morgan fingerprint density at radius 2 is 2.57 bits per heavy atom. The SMILES string of the molecule is CC1(CNc2nc(Br)cs2)CCCS1. The maximum atomic E-state index is 4.32. The van der Waals surface area contributed by atoms with E-state index in [1.807, 2.05) is 5.38 Å². The number of rotatable bonds is 3. The first-order valence-corrected chi connectivity index (χ1v) is 7.33. The van der Waals surface area contributed by atoms with Crippen LogP contribution in [0.1, 0.15) is 19.8 Å². The zero-order valence-corrected chi connectivity index (χ0v) is 11.3. The van der Waals surface area contributed by atoms with E-state index in [4.69, 9.17) is 0 Å². The van der Waals surface area contributed by atoms with E-state index in [1.54, 1.807) is 11.3 Å². The van der Waals surface area contributed by atoms with Crippen LogP contribution in [0, 0.1) is 0 Å². The first kappa shape index (κ1) is 10.8. The highest BCUT2D eigenvalue weighted by atomic mass is 79.9. The van der Waals surface area contributed by atoms with Gasteiger partial charge in [0.05, 0.1) is 0 Å². The summed E-state index contributed by atoms with van der Waals surface area (Å²) in [5.74, 6) is 1.31. The van der Waals surface area contributed by atoms with Crippen LogP contribution in [0.15, 0.2) is 9.98 Å². The molecule has 0 amide bonds. The van der Waals surface area contributed by atoms with Crippen LogP contribution in [0.5, 0.6) is 0 Å². The Labute approximate surface area is 101 Å². The molecular formula is C9H13BrN2S2. The van der Waals surface area contributed by atoms with Gasteiger partial charge in [-0.2, -0.15) is 11.8 Å². The minimum absolute atomic E-state index is 0.415. The van der Waals surface area contributed by atoms with Crippen LogP contribution >= 0.6 is 39.0 Å². The quantitative estimate of drug-likeness (QED) is 0.921. The van der Waals surface area contributed by atoms with Crippen molar-refractivity contribution in [2.75, 3.05) is 17.6 Å². The molecule has 1 fully saturated rings. The van der Waals surface area contributed by atoms with E-state index in [0.29, 0.717) is 4.75 Å². The van der Waals surface area contributed by atoms with Gasteiger partial charge in [-0.1, -0.05) is 0 Å². The summed E-state index contributed by atoms with van der Waals surface area (Å²) >= 11 is 7.08. The van der Waals surface area contributed by atoms with Crippen LogP contribution < -0.4 is 5.32 Å². The zero-order valence-electron chi connectivity index (χ0n) is 8.05. The first-order chi connectivity index (χ1) is 6.68. The van der Waals surface area contributed by atoms with Gasteiger partial charge in [0.25, 0.3) is 0 Å². The van der Waals surface area contributed by atoms with Gasteiger partial charge in [-0.25, -0.2) is 4.98 Å². The Morgan fingerprint density at radius 3 is 3.14 bits per heavy atom. The van der Waals surface area contributed by atoms with Crippen LogP contribution in [0.2, 0.25) is 0 Å². The summed E-state index contributed by atoms with van der Waals surface area (Å²) in [6.07, 6.45) is 2.67. The maximum absolute atomic E-state index is 4.32.